The van der Waals surface area contributed by atoms with E-state index >= 15 is 0 Å². The fourth-order valence-electron chi connectivity index (χ4n) is 2.11. The van der Waals surface area contributed by atoms with Gasteiger partial charge in [-0.1, -0.05) is 30.3 Å². The predicted octanol–water partition coefficient (Wildman–Crippen LogP) is 2.38. The molecule has 1 heterocycles. The maximum absolute atomic E-state index is 12.0. The molecule has 0 saturated carbocycles. The number of ketones is 1. The number of fused-ring (bicyclic) bond motifs is 1. The smallest absolute Gasteiger partial charge is 0.310 e. The van der Waals surface area contributed by atoms with Crippen molar-refractivity contribution in [2.75, 3.05) is 13.4 Å². The van der Waals surface area contributed by atoms with E-state index in [0.29, 0.717) is 17.1 Å². The third kappa shape index (κ3) is 3.25. The van der Waals surface area contributed by atoms with Crippen molar-refractivity contribution in [2.45, 2.75) is 6.42 Å². The molecule has 0 aliphatic carbocycles. The summed E-state index contributed by atoms with van der Waals surface area (Å²) in [5.74, 6) is 0.430. The van der Waals surface area contributed by atoms with Gasteiger partial charge >= 0.3 is 5.97 Å². The van der Waals surface area contributed by atoms with Crippen LogP contribution in [0.4, 0.5) is 0 Å². The summed E-state index contributed by atoms with van der Waals surface area (Å²) in [6.07, 6.45) is 0.148. The normalized spacial score (nSPS) is 12.0. The van der Waals surface area contributed by atoms with Gasteiger partial charge < -0.3 is 14.2 Å². The molecule has 22 heavy (non-hydrogen) atoms. The van der Waals surface area contributed by atoms with Crippen LogP contribution in [-0.4, -0.2) is 25.2 Å². The van der Waals surface area contributed by atoms with Crippen LogP contribution in [0, 0.1) is 0 Å². The van der Waals surface area contributed by atoms with Crippen LogP contribution < -0.4 is 9.47 Å². The third-order valence-corrected chi connectivity index (χ3v) is 3.25. The summed E-state index contributed by atoms with van der Waals surface area (Å²) in [6, 6.07) is 14.1. The Bertz CT molecular complexity index is 693. The highest BCUT2D eigenvalue weighted by Crippen LogP contribution is 2.32. The Labute approximate surface area is 127 Å². The number of esters is 1. The zero-order chi connectivity index (χ0) is 15.4. The van der Waals surface area contributed by atoms with Gasteiger partial charge in [0.15, 0.2) is 23.9 Å². The van der Waals surface area contributed by atoms with E-state index in [0.717, 1.165) is 5.56 Å². The Hall–Kier alpha value is -2.82. The molecule has 0 aromatic heterocycles. The molecule has 0 fully saturated rings. The quantitative estimate of drug-likeness (QED) is 0.626. The van der Waals surface area contributed by atoms with Gasteiger partial charge in [-0.2, -0.15) is 0 Å². The van der Waals surface area contributed by atoms with Crippen molar-refractivity contribution in [3.05, 3.63) is 59.7 Å². The number of carbonyl (C=O) groups excluding carboxylic acids is 2. The lowest BCUT2D eigenvalue weighted by molar-refractivity contribution is -0.141. The number of carbonyl (C=O) groups is 2. The Balaban J connectivity index is 1.55. The average molecular weight is 298 g/mol. The molecule has 3 rings (SSSR count). The molecule has 1 aliphatic rings. The van der Waals surface area contributed by atoms with Crippen molar-refractivity contribution in [3.8, 4) is 11.5 Å². The Morgan fingerprint density at radius 1 is 1.00 bits per heavy atom. The predicted molar refractivity (Wildman–Crippen MR) is 78.0 cm³/mol. The van der Waals surface area contributed by atoms with Gasteiger partial charge in [-0.25, -0.2) is 0 Å². The highest BCUT2D eigenvalue weighted by atomic mass is 16.7. The van der Waals surface area contributed by atoms with Gasteiger partial charge in [-0.05, 0) is 23.8 Å². The van der Waals surface area contributed by atoms with Crippen molar-refractivity contribution in [2.24, 2.45) is 0 Å². The van der Waals surface area contributed by atoms with E-state index in [2.05, 4.69) is 0 Å². The van der Waals surface area contributed by atoms with Gasteiger partial charge in [-0.15, -0.1) is 0 Å². The van der Waals surface area contributed by atoms with Crippen LogP contribution in [0.1, 0.15) is 15.9 Å². The Morgan fingerprint density at radius 3 is 2.59 bits per heavy atom. The molecule has 112 valence electrons. The molecule has 0 bridgehead atoms. The number of hydrogen-bond donors (Lipinski definition) is 0. The molecular formula is C17H14O5. The Morgan fingerprint density at radius 2 is 1.77 bits per heavy atom. The van der Waals surface area contributed by atoms with Crippen molar-refractivity contribution in [1.82, 2.24) is 0 Å². The number of ether oxygens (including phenoxy) is 3. The molecular weight excluding hydrogens is 284 g/mol. The van der Waals surface area contributed by atoms with Crippen LogP contribution in [0.15, 0.2) is 48.5 Å². The first-order valence-electron chi connectivity index (χ1n) is 6.85. The Kier molecular flexibility index (Phi) is 4.05. The minimum atomic E-state index is -0.430. The summed E-state index contributed by atoms with van der Waals surface area (Å²) >= 11 is 0. The first-order valence-corrected chi connectivity index (χ1v) is 6.85. The van der Waals surface area contributed by atoms with Crippen LogP contribution in [-0.2, 0) is 16.0 Å². The van der Waals surface area contributed by atoms with Gasteiger partial charge in [0.2, 0.25) is 6.79 Å². The van der Waals surface area contributed by atoms with Crippen molar-refractivity contribution in [1.29, 1.82) is 0 Å². The van der Waals surface area contributed by atoms with E-state index in [1.165, 1.54) is 0 Å². The fourth-order valence-corrected chi connectivity index (χ4v) is 2.11. The maximum atomic E-state index is 12.0. The minimum Gasteiger partial charge on any atom is -0.457 e. The molecule has 0 atom stereocenters. The van der Waals surface area contributed by atoms with Crippen LogP contribution in [0.2, 0.25) is 0 Å². The topological polar surface area (TPSA) is 61.8 Å². The standard InChI is InChI=1S/C17H14O5/c18-14(13-6-7-15-16(9-13)22-11-21-15)10-20-17(19)8-12-4-2-1-3-5-12/h1-7,9H,8,10-11H2. The van der Waals surface area contributed by atoms with E-state index in [9.17, 15) is 9.59 Å². The average Bonchev–Trinajstić information content (AvgIpc) is 3.01. The lowest BCUT2D eigenvalue weighted by Crippen LogP contribution is -2.15. The molecule has 2 aromatic rings. The van der Waals surface area contributed by atoms with Crippen LogP contribution in [0.5, 0.6) is 11.5 Å². The molecule has 0 unspecified atom stereocenters. The molecule has 0 radical (unpaired) electrons. The third-order valence-electron chi connectivity index (χ3n) is 3.25. The van der Waals surface area contributed by atoms with E-state index in [4.69, 9.17) is 14.2 Å². The highest BCUT2D eigenvalue weighted by Gasteiger charge is 2.17. The van der Waals surface area contributed by atoms with Gasteiger partial charge in [0.1, 0.15) is 0 Å². The highest BCUT2D eigenvalue weighted by molar-refractivity contribution is 5.98. The minimum absolute atomic E-state index is 0.148. The van der Waals surface area contributed by atoms with Crippen molar-refractivity contribution >= 4 is 11.8 Å². The van der Waals surface area contributed by atoms with Gasteiger partial charge in [0, 0.05) is 5.56 Å². The van der Waals surface area contributed by atoms with E-state index in [1.807, 2.05) is 30.3 Å². The van der Waals surface area contributed by atoms with Crippen LogP contribution in [0.25, 0.3) is 0 Å². The molecule has 5 heteroatoms. The molecule has 2 aromatic carbocycles. The molecule has 5 nitrogen and oxygen atoms in total. The van der Waals surface area contributed by atoms with Gasteiger partial charge in [0.05, 0.1) is 6.42 Å². The number of hydrogen-bond acceptors (Lipinski definition) is 5. The zero-order valence-corrected chi connectivity index (χ0v) is 11.8. The summed E-state index contributed by atoms with van der Waals surface area (Å²) in [7, 11) is 0. The first kappa shape index (κ1) is 14.1. The van der Waals surface area contributed by atoms with Gasteiger partial charge in [-0.3, -0.25) is 9.59 Å². The summed E-state index contributed by atoms with van der Waals surface area (Å²) < 4.78 is 15.4. The summed E-state index contributed by atoms with van der Waals surface area (Å²) in [5.41, 5.74) is 1.28. The molecule has 0 saturated heterocycles. The van der Waals surface area contributed by atoms with Crippen LogP contribution in [0.3, 0.4) is 0 Å². The second kappa shape index (κ2) is 6.30. The number of rotatable bonds is 5. The molecule has 1 aliphatic heterocycles. The summed E-state index contributed by atoms with van der Waals surface area (Å²) in [4.78, 5) is 23.7. The lowest BCUT2D eigenvalue weighted by atomic mass is 10.1. The van der Waals surface area contributed by atoms with E-state index in [-0.39, 0.29) is 25.6 Å². The SMILES string of the molecule is O=C(Cc1ccccc1)OCC(=O)c1ccc2c(c1)OCO2. The van der Waals surface area contributed by atoms with Crippen molar-refractivity contribution in [3.63, 3.8) is 0 Å². The largest absolute Gasteiger partial charge is 0.457 e. The monoisotopic (exact) mass is 298 g/mol. The first-order chi connectivity index (χ1) is 10.7. The van der Waals surface area contributed by atoms with Gasteiger partial charge in [0.25, 0.3) is 0 Å². The second-order valence-corrected chi connectivity index (χ2v) is 4.81. The van der Waals surface area contributed by atoms with E-state index in [1.54, 1.807) is 18.2 Å². The number of benzene rings is 2. The lowest BCUT2D eigenvalue weighted by Gasteiger charge is -2.05. The summed E-state index contributed by atoms with van der Waals surface area (Å²) in [5, 5.41) is 0. The van der Waals surface area contributed by atoms with E-state index < -0.39 is 5.97 Å². The maximum Gasteiger partial charge on any atom is 0.310 e. The molecule has 0 N–H and O–H groups in total. The summed E-state index contributed by atoms with van der Waals surface area (Å²) in [6.45, 7) is -0.135. The fraction of sp³-hybridized carbons (Fsp3) is 0.176. The molecule has 0 amide bonds. The second-order valence-electron chi connectivity index (χ2n) is 4.81. The number of Topliss-reactive ketones (excluding diaryl/α,β-unsaturated/α-hetero) is 1. The van der Waals surface area contributed by atoms with Crippen molar-refractivity contribution < 1.29 is 23.8 Å². The van der Waals surface area contributed by atoms with Crippen LogP contribution >= 0.6 is 0 Å². The molecule has 0 spiro atoms. The zero-order valence-electron chi connectivity index (χ0n) is 11.8.